The van der Waals surface area contributed by atoms with Crippen molar-refractivity contribution in [2.45, 2.75) is 77.8 Å². The molecule has 6 N–H and O–H groups in total. The molecule has 12 nitrogen and oxygen atoms in total. The summed E-state index contributed by atoms with van der Waals surface area (Å²) in [5, 5.41) is 8.09. The van der Waals surface area contributed by atoms with E-state index in [4.69, 9.17) is 39.9 Å². The summed E-state index contributed by atoms with van der Waals surface area (Å²) in [6, 6.07) is 16.6. The van der Waals surface area contributed by atoms with E-state index in [2.05, 4.69) is 20.6 Å². The summed E-state index contributed by atoms with van der Waals surface area (Å²) in [7, 11) is 6.00. The molecule has 4 aromatic carbocycles. The van der Waals surface area contributed by atoms with E-state index in [-0.39, 0.29) is 35.1 Å². The van der Waals surface area contributed by atoms with Crippen molar-refractivity contribution in [3.8, 4) is 46.3 Å². The van der Waals surface area contributed by atoms with Gasteiger partial charge in [-0.25, -0.2) is 9.97 Å². The first-order valence-electron chi connectivity index (χ1n) is 21.1. The van der Waals surface area contributed by atoms with Crippen LogP contribution in [0, 0.1) is 13.8 Å². The fraction of sp³-hybridized carbons (Fsp3) is 0.375. The second kappa shape index (κ2) is 22.2. The monoisotopic (exact) mass is 926 g/mol. The zero-order chi connectivity index (χ0) is 48.3. The summed E-state index contributed by atoms with van der Waals surface area (Å²) < 4.78 is 113. The minimum Gasteiger partial charge on any atom is -0.493 e. The Morgan fingerprint density at radius 2 is 0.939 bits per heavy atom. The average Bonchev–Trinajstić information content (AvgIpc) is 3.28. The highest BCUT2D eigenvalue weighted by Crippen LogP contribution is 2.47. The maximum atomic E-state index is 13.2. The quantitative estimate of drug-likeness (QED) is 0.0606. The van der Waals surface area contributed by atoms with Crippen LogP contribution in [-0.2, 0) is 12.4 Å². The number of hydrogen-bond acceptors (Lipinski definition) is 12. The third-order valence-electron chi connectivity index (χ3n) is 10.5. The number of methoxy groups -OCH3 is 4. The lowest BCUT2D eigenvalue weighted by Gasteiger charge is -2.21. The lowest BCUT2D eigenvalue weighted by atomic mass is 10.1. The van der Waals surface area contributed by atoms with Crippen molar-refractivity contribution >= 4 is 33.2 Å². The number of rotatable bonds is 18. The van der Waals surface area contributed by atoms with Gasteiger partial charge in [-0.3, -0.25) is 0 Å². The van der Waals surface area contributed by atoms with Crippen LogP contribution in [0.25, 0.3) is 21.8 Å². The van der Waals surface area contributed by atoms with Gasteiger partial charge in [0.1, 0.15) is 22.5 Å². The van der Waals surface area contributed by atoms with E-state index in [9.17, 15) is 26.3 Å². The topological polar surface area (TPSA) is 157 Å². The van der Waals surface area contributed by atoms with Crippen LogP contribution in [0.3, 0.4) is 0 Å². The predicted octanol–water partition coefficient (Wildman–Crippen LogP) is 11.8. The van der Waals surface area contributed by atoms with Gasteiger partial charge in [-0.15, -0.1) is 0 Å². The van der Waals surface area contributed by atoms with Crippen molar-refractivity contribution in [2.24, 2.45) is 11.5 Å². The van der Waals surface area contributed by atoms with E-state index >= 15 is 0 Å². The normalized spacial score (nSPS) is 12.5. The van der Waals surface area contributed by atoms with Crippen LogP contribution in [0.2, 0.25) is 0 Å². The van der Waals surface area contributed by atoms with Gasteiger partial charge in [0.05, 0.1) is 61.7 Å². The Balaban J connectivity index is 0.000000247. The molecule has 6 aromatic rings. The molecule has 2 aromatic heterocycles. The molecular formula is C48H56F6N6O6. The van der Waals surface area contributed by atoms with Crippen molar-refractivity contribution in [2.75, 3.05) is 52.2 Å². The number of fused-ring (bicyclic) bond motifs is 2. The number of nitrogens with zero attached hydrogens (tertiary/aromatic N) is 2. The Bertz CT molecular complexity index is 2420. The van der Waals surface area contributed by atoms with Crippen LogP contribution < -0.4 is 50.5 Å². The van der Waals surface area contributed by atoms with E-state index in [1.165, 1.54) is 52.7 Å². The molecule has 0 saturated heterocycles. The third kappa shape index (κ3) is 12.5. The van der Waals surface area contributed by atoms with E-state index in [1.807, 2.05) is 27.7 Å². The number of alkyl halides is 6. The zero-order valence-electron chi connectivity index (χ0n) is 38.1. The number of benzene rings is 4. The number of aromatic nitrogens is 2. The number of anilines is 2. The molecule has 2 atom stereocenters. The van der Waals surface area contributed by atoms with Crippen molar-refractivity contribution in [3.63, 3.8) is 0 Å². The zero-order valence-corrected chi connectivity index (χ0v) is 38.1. The molecule has 0 aliphatic heterocycles. The van der Waals surface area contributed by atoms with Gasteiger partial charge in [0, 0.05) is 36.3 Å². The van der Waals surface area contributed by atoms with Gasteiger partial charge in [-0.2, -0.15) is 26.3 Å². The molecule has 18 heteroatoms. The molecule has 0 bridgehead atoms. The summed E-state index contributed by atoms with van der Waals surface area (Å²) in [5.41, 5.74) is 13.7. The third-order valence-corrected chi connectivity index (χ3v) is 10.5. The summed E-state index contributed by atoms with van der Waals surface area (Å²) in [6.45, 7) is 8.96. The molecule has 0 amide bonds. The van der Waals surface area contributed by atoms with E-state index in [0.29, 0.717) is 69.5 Å². The van der Waals surface area contributed by atoms with Crippen molar-refractivity contribution in [1.29, 1.82) is 0 Å². The van der Waals surface area contributed by atoms with E-state index in [1.54, 1.807) is 24.3 Å². The van der Waals surface area contributed by atoms with Crippen LogP contribution >= 0.6 is 0 Å². The Labute approximate surface area is 379 Å². The fourth-order valence-corrected chi connectivity index (χ4v) is 7.19. The van der Waals surface area contributed by atoms with E-state index < -0.39 is 23.5 Å². The smallest absolute Gasteiger partial charge is 0.416 e. The first-order valence-corrected chi connectivity index (χ1v) is 21.1. The minimum atomic E-state index is -4.48. The predicted molar refractivity (Wildman–Crippen MR) is 245 cm³/mol. The summed E-state index contributed by atoms with van der Waals surface area (Å²) in [4.78, 5) is 9.19. The lowest BCUT2D eigenvalue weighted by Crippen LogP contribution is -2.17. The Morgan fingerprint density at radius 3 is 1.26 bits per heavy atom. The number of nitrogens with one attached hydrogen (secondary N) is 2. The molecule has 0 saturated carbocycles. The highest BCUT2D eigenvalue weighted by molar-refractivity contribution is 6.01. The average molecular weight is 927 g/mol. The molecule has 0 radical (unpaired) electrons. The van der Waals surface area contributed by atoms with Gasteiger partial charge < -0.3 is 50.5 Å². The maximum absolute atomic E-state index is 13.2. The molecule has 0 aliphatic rings. The SMILES string of the molecule is COc1cc(C)c2c(Oc3cccc(C(F)(F)F)c3)c(OC)cc(N[C@@H](C)CCCN)c2n1.COc1cc(C)c2c(Oc3cccc(C(F)(F)F)c3)c(OC)cc(N[C@H](C)CCCN)c2n1. The van der Waals surface area contributed by atoms with Gasteiger partial charge in [-0.1, -0.05) is 12.1 Å². The maximum Gasteiger partial charge on any atom is 0.416 e. The number of pyridine rings is 2. The van der Waals surface area contributed by atoms with Gasteiger partial charge in [-0.05, 0) is 114 Å². The number of halogens is 6. The van der Waals surface area contributed by atoms with Crippen LogP contribution in [0.15, 0.2) is 72.8 Å². The Hall–Kier alpha value is -6.40. The van der Waals surface area contributed by atoms with Gasteiger partial charge in [0.25, 0.3) is 0 Å². The largest absolute Gasteiger partial charge is 0.493 e. The molecule has 6 rings (SSSR count). The van der Waals surface area contributed by atoms with E-state index in [0.717, 1.165) is 61.1 Å². The van der Waals surface area contributed by atoms with Crippen molar-refractivity contribution in [3.05, 3.63) is 95.1 Å². The first kappa shape index (κ1) is 50.6. The summed E-state index contributed by atoms with van der Waals surface area (Å²) >= 11 is 0. The van der Waals surface area contributed by atoms with Gasteiger partial charge in [0.2, 0.25) is 11.8 Å². The van der Waals surface area contributed by atoms with Crippen molar-refractivity contribution in [1.82, 2.24) is 9.97 Å². The molecule has 0 spiro atoms. The van der Waals surface area contributed by atoms with Gasteiger partial charge >= 0.3 is 12.4 Å². The molecule has 356 valence electrons. The standard InChI is InChI=1S/2C24H28F3N3O3/c2*1-14-11-20(32-4)30-22-18(29-15(2)7-6-10-28)13-19(31-3)23(21(14)22)33-17-9-5-8-16(12-17)24(25,26)27/h2*5,8-9,11-13,15,29H,6-7,10,28H2,1-4H3/t2*15-/m10/s1. The minimum absolute atomic E-state index is 0.0386. The number of aryl methyl sites for hydroxylation is 2. The second-order valence-corrected chi connectivity index (χ2v) is 15.5. The summed E-state index contributed by atoms with van der Waals surface area (Å²) in [5.74, 6) is 2.18. The number of nitrogens with two attached hydrogens (primary N) is 2. The molecule has 0 aliphatic carbocycles. The molecule has 66 heavy (non-hydrogen) atoms. The Kier molecular flexibility index (Phi) is 17.0. The van der Waals surface area contributed by atoms with Crippen LogP contribution in [0.4, 0.5) is 37.7 Å². The van der Waals surface area contributed by atoms with Crippen LogP contribution in [0.5, 0.6) is 46.3 Å². The molecule has 0 unspecified atom stereocenters. The molecule has 0 fully saturated rings. The fourth-order valence-electron chi connectivity index (χ4n) is 7.19. The number of hydrogen-bond donors (Lipinski definition) is 4. The second-order valence-electron chi connectivity index (χ2n) is 15.5. The first-order chi connectivity index (χ1) is 31.3. The molecular weight excluding hydrogens is 871 g/mol. The van der Waals surface area contributed by atoms with Gasteiger partial charge in [0.15, 0.2) is 23.0 Å². The Morgan fingerprint density at radius 1 is 0.561 bits per heavy atom. The number of ether oxygens (including phenoxy) is 6. The molecule has 2 heterocycles. The van der Waals surface area contributed by atoms with Crippen LogP contribution in [-0.4, -0.2) is 63.6 Å². The highest BCUT2D eigenvalue weighted by atomic mass is 19.4. The lowest BCUT2D eigenvalue weighted by molar-refractivity contribution is -0.138. The summed E-state index contributed by atoms with van der Waals surface area (Å²) in [6.07, 6.45) is -5.55. The highest BCUT2D eigenvalue weighted by Gasteiger charge is 2.32. The van der Waals surface area contributed by atoms with Crippen molar-refractivity contribution < 1.29 is 54.8 Å². The van der Waals surface area contributed by atoms with Crippen LogP contribution in [0.1, 0.15) is 61.8 Å².